The molecule has 0 aliphatic rings. The van der Waals surface area contributed by atoms with E-state index in [-0.39, 0.29) is 17.1 Å². The van der Waals surface area contributed by atoms with Gasteiger partial charge < -0.3 is 0 Å². The molecule has 0 radical (unpaired) electrons. The molecule has 6 nitrogen and oxygen atoms in total. The van der Waals surface area contributed by atoms with Gasteiger partial charge in [-0.3, -0.25) is 8.74 Å². The van der Waals surface area contributed by atoms with Crippen LogP contribution in [-0.4, -0.2) is 33.3 Å². The highest BCUT2D eigenvalue weighted by Crippen LogP contribution is 2.21. The van der Waals surface area contributed by atoms with Crippen molar-refractivity contribution in [2.75, 3.05) is 11.9 Å². The normalized spacial score (nSPS) is 12.6. The lowest BCUT2D eigenvalue weighted by Crippen LogP contribution is -2.10. The summed E-state index contributed by atoms with van der Waals surface area (Å²) in [5.41, 5.74) is 0.247. The second-order valence-electron chi connectivity index (χ2n) is 3.37. The summed E-state index contributed by atoms with van der Waals surface area (Å²) in [6, 6.07) is 3.37. The van der Waals surface area contributed by atoms with Crippen molar-refractivity contribution >= 4 is 36.2 Å². The number of benzene rings is 1. The fourth-order valence-corrected chi connectivity index (χ4v) is 3.36. The summed E-state index contributed by atoms with van der Waals surface area (Å²) >= 11 is 3.01. The predicted octanol–water partition coefficient (Wildman–Crippen LogP) is 1.34. The fraction of sp³-hybridized carbons (Fsp3) is 0.333. The molecule has 0 fully saturated rings. The number of aryl methyl sites for hydroxylation is 1. The van der Waals surface area contributed by atoms with Crippen molar-refractivity contribution in [2.24, 2.45) is 0 Å². The van der Waals surface area contributed by atoms with E-state index in [4.69, 9.17) is 4.55 Å². The minimum atomic E-state index is -4.47. The molecule has 1 rings (SSSR count). The van der Waals surface area contributed by atoms with E-state index < -0.39 is 25.1 Å². The average molecular weight is 359 g/mol. The average Bonchev–Trinajstić information content (AvgIpc) is 2.25. The van der Waals surface area contributed by atoms with Gasteiger partial charge in [-0.2, -0.15) is 16.8 Å². The van der Waals surface area contributed by atoms with Crippen LogP contribution in [0.5, 0.6) is 0 Å². The molecule has 1 N–H and O–H groups in total. The van der Waals surface area contributed by atoms with Crippen molar-refractivity contribution in [3.05, 3.63) is 23.8 Å². The minimum absolute atomic E-state index is 0.0720. The Balaban J connectivity index is 3.30. The van der Waals surface area contributed by atoms with Crippen LogP contribution in [0.4, 0.5) is 0 Å². The number of rotatable bonds is 5. The molecular formula is C9H11BrO6S2. The van der Waals surface area contributed by atoms with Crippen LogP contribution in [0.25, 0.3) is 0 Å². The van der Waals surface area contributed by atoms with Crippen LogP contribution in [0.1, 0.15) is 5.56 Å². The van der Waals surface area contributed by atoms with Gasteiger partial charge in [0.15, 0.2) is 0 Å². The standard InChI is InChI=1S/C9H11BrO6S2/c1-7-2-3-8(6-9(7)17(11,12)13)18(14,15)16-5-4-10/h2-3,6H,4-5H2,1H3,(H,11,12,13). The Hall–Kier alpha value is -0.480. The summed E-state index contributed by atoms with van der Waals surface area (Å²) in [6.07, 6.45) is 0. The van der Waals surface area contributed by atoms with Crippen molar-refractivity contribution < 1.29 is 25.6 Å². The molecule has 0 aromatic heterocycles. The van der Waals surface area contributed by atoms with Gasteiger partial charge in [0, 0.05) is 5.33 Å². The number of hydrogen-bond acceptors (Lipinski definition) is 5. The van der Waals surface area contributed by atoms with E-state index in [9.17, 15) is 16.8 Å². The minimum Gasteiger partial charge on any atom is -0.282 e. The van der Waals surface area contributed by atoms with Gasteiger partial charge in [0.05, 0.1) is 16.4 Å². The zero-order valence-electron chi connectivity index (χ0n) is 9.33. The van der Waals surface area contributed by atoms with Gasteiger partial charge in [0.2, 0.25) is 0 Å². The highest BCUT2D eigenvalue weighted by Gasteiger charge is 2.20. The maximum atomic E-state index is 11.7. The maximum Gasteiger partial charge on any atom is 0.297 e. The molecule has 0 saturated heterocycles. The van der Waals surface area contributed by atoms with Crippen LogP contribution in [0.2, 0.25) is 0 Å². The summed E-state index contributed by atoms with van der Waals surface area (Å²) in [6.45, 7) is 1.37. The topological polar surface area (TPSA) is 97.7 Å². The van der Waals surface area contributed by atoms with Crippen molar-refractivity contribution in [1.82, 2.24) is 0 Å². The lowest BCUT2D eigenvalue weighted by atomic mass is 10.2. The first kappa shape index (κ1) is 15.6. The molecular weight excluding hydrogens is 348 g/mol. The molecule has 0 bridgehead atoms. The molecule has 0 aliphatic carbocycles. The molecule has 0 atom stereocenters. The molecule has 102 valence electrons. The molecule has 0 heterocycles. The van der Waals surface area contributed by atoms with Crippen LogP contribution in [0.3, 0.4) is 0 Å². The van der Waals surface area contributed by atoms with Crippen LogP contribution in [0.15, 0.2) is 28.0 Å². The third-order valence-corrected chi connectivity index (χ3v) is 4.67. The maximum absolute atomic E-state index is 11.7. The van der Waals surface area contributed by atoms with Gasteiger partial charge in [-0.1, -0.05) is 22.0 Å². The lowest BCUT2D eigenvalue weighted by Gasteiger charge is -2.07. The molecule has 1 aromatic carbocycles. The Morgan fingerprint density at radius 2 is 1.89 bits per heavy atom. The Labute approximate surface area is 114 Å². The Kier molecular flexibility index (Phi) is 4.90. The zero-order chi connectivity index (χ0) is 14.0. The van der Waals surface area contributed by atoms with Crippen molar-refractivity contribution in [2.45, 2.75) is 16.7 Å². The number of hydrogen-bond donors (Lipinski definition) is 1. The monoisotopic (exact) mass is 358 g/mol. The number of halogens is 1. The van der Waals surface area contributed by atoms with E-state index in [1.165, 1.54) is 19.1 Å². The van der Waals surface area contributed by atoms with Crippen LogP contribution in [-0.2, 0) is 24.4 Å². The van der Waals surface area contributed by atoms with Crippen LogP contribution < -0.4 is 0 Å². The van der Waals surface area contributed by atoms with Gasteiger partial charge in [-0.25, -0.2) is 0 Å². The van der Waals surface area contributed by atoms with E-state index in [0.29, 0.717) is 5.33 Å². The van der Waals surface area contributed by atoms with Crippen LogP contribution in [0, 0.1) is 6.92 Å². The van der Waals surface area contributed by atoms with Gasteiger partial charge in [0.1, 0.15) is 0 Å². The smallest absolute Gasteiger partial charge is 0.282 e. The molecule has 0 unspecified atom stereocenters. The largest absolute Gasteiger partial charge is 0.297 e. The summed E-state index contributed by atoms with van der Waals surface area (Å²) in [4.78, 5) is -0.771. The number of alkyl halides is 1. The summed E-state index contributed by atoms with van der Waals surface area (Å²) < 4.78 is 59.0. The molecule has 18 heavy (non-hydrogen) atoms. The zero-order valence-corrected chi connectivity index (χ0v) is 12.5. The quantitative estimate of drug-likeness (QED) is 0.484. The SMILES string of the molecule is Cc1ccc(S(=O)(=O)OCCBr)cc1S(=O)(=O)O. The van der Waals surface area contributed by atoms with Crippen molar-refractivity contribution in [1.29, 1.82) is 0 Å². The molecule has 1 aromatic rings. The van der Waals surface area contributed by atoms with E-state index in [1.807, 2.05) is 0 Å². The first-order valence-electron chi connectivity index (χ1n) is 4.72. The third kappa shape index (κ3) is 3.75. The van der Waals surface area contributed by atoms with E-state index >= 15 is 0 Å². The predicted molar refractivity (Wildman–Crippen MR) is 67.9 cm³/mol. The molecule has 0 amide bonds. The fourth-order valence-electron chi connectivity index (χ4n) is 1.22. The van der Waals surface area contributed by atoms with E-state index in [2.05, 4.69) is 20.1 Å². The Morgan fingerprint density at radius 3 is 2.39 bits per heavy atom. The third-order valence-electron chi connectivity index (χ3n) is 2.04. The van der Waals surface area contributed by atoms with Crippen LogP contribution >= 0.6 is 15.9 Å². The van der Waals surface area contributed by atoms with Gasteiger partial charge in [0.25, 0.3) is 20.2 Å². The van der Waals surface area contributed by atoms with Gasteiger partial charge >= 0.3 is 0 Å². The second-order valence-corrected chi connectivity index (χ2v) is 7.17. The van der Waals surface area contributed by atoms with Gasteiger partial charge in [-0.15, -0.1) is 0 Å². The Bertz CT molecular complexity index is 635. The van der Waals surface area contributed by atoms with Gasteiger partial charge in [-0.05, 0) is 24.6 Å². The van der Waals surface area contributed by atoms with Crippen molar-refractivity contribution in [3.8, 4) is 0 Å². The summed E-state index contributed by atoms with van der Waals surface area (Å²) in [7, 11) is -8.49. The lowest BCUT2D eigenvalue weighted by molar-refractivity contribution is 0.342. The first-order chi connectivity index (χ1) is 8.18. The summed E-state index contributed by atoms with van der Waals surface area (Å²) in [5.74, 6) is 0. The highest BCUT2D eigenvalue weighted by atomic mass is 79.9. The molecule has 0 saturated carbocycles. The van der Waals surface area contributed by atoms with Crippen molar-refractivity contribution in [3.63, 3.8) is 0 Å². The van der Waals surface area contributed by atoms with E-state index in [1.54, 1.807) is 0 Å². The Morgan fingerprint density at radius 1 is 1.28 bits per heavy atom. The second kappa shape index (κ2) is 5.66. The molecule has 0 spiro atoms. The summed E-state index contributed by atoms with van der Waals surface area (Å²) in [5, 5.41) is 0.323. The molecule has 0 aliphatic heterocycles. The first-order valence-corrected chi connectivity index (χ1v) is 8.69. The highest BCUT2D eigenvalue weighted by molar-refractivity contribution is 9.09. The molecule has 9 heteroatoms. The van der Waals surface area contributed by atoms with E-state index in [0.717, 1.165) is 6.07 Å².